The summed E-state index contributed by atoms with van der Waals surface area (Å²) in [6.07, 6.45) is 0. The van der Waals surface area contributed by atoms with Gasteiger partial charge in [0.15, 0.2) is 0 Å². The number of aliphatic hydroxyl groups excluding tert-OH is 1. The molecule has 0 atom stereocenters. The van der Waals surface area contributed by atoms with E-state index < -0.39 is 0 Å². The first-order valence-electron chi connectivity index (χ1n) is 15.1. The standard InChI is InChI=1S/C42H30O2/c43-23-24-44-41-27-40(33-20-18-29-10-2-4-12-31(29)26-33)37-15-7-8-16-38(37)42(41)39-22-21-34(35-13-5-6-14-36(35)39)32-19-17-28-9-1-3-11-30(28)25-32/h1-22,25-27,43H,23-24H2. The van der Waals surface area contributed by atoms with Gasteiger partial charge in [-0.1, -0.05) is 133 Å². The molecule has 0 aromatic heterocycles. The van der Waals surface area contributed by atoms with Crippen LogP contribution in [0.2, 0.25) is 0 Å². The summed E-state index contributed by atoms with van der Waals surface area (Å²) < 4.78 is 6.36. The Morgan fingerprint density at radius 3 is 1.50 bits per heavy atom. The first kappa shape index (κ1) is 26.2. The second kappa shape index (κ2) is 11.0. The van der Waals surface area contributed by atoms with Gasteiger partial charge in [-0.15, -0.1) is 0 Å². The molecule has 8 aromatic rings. The minimum Gasteiger partial charge on any atom is -0.491 e. The van der Waals surface area contributed by atoms with E-state index in [9.17, 15) is 5.11 Å². The maximum Gasteiger partial charge on any atom is 0.128 e. The average Bonchev–Trinajstić information content (AvgIpc) is 3.09. The summed E-state index contributed by atoms with van der Waals surface area (Å²) in [5.74, 6) is 0.768. The van der Waals surface area contributed by atoms with Crippen molar-refractivity contribution in [3.63, 3.8) is 0 Å². The van der Waals surface area contributed by atoms with Crippen LogP contribution in [0.3, 0.4) is 0 Å². The normalized spacial score (nSPS) is 11.5. The highest BCUT2D eigenvalue weighted by Gasteiger charge is 2.19. The summed E-state index contributed by atoms with van der Waals surface area (Å²) in [7, 11) is 0. The van der Waals surface area contributed by atoms with E-state index in [0.717, 1.165) is 44.2 Å². The molecule has 0 saturated carbocycles. The molecule has 8 rings (SSSR count). The molecule has 0 bridgehead atoms. The van der Waals surface area contributed by atoms with Crippen LogP contribution in [0.4, 0.5) is 0 Å². The molecular weight excluding hydrogens is 536 g/mol. The molecule has 210 valence electrons. The van der Waals surface area contributed by atoms with E-state index >= 15 is 0 Å². The van der Waals surface area contributed by atoms with Gasteiger partial charge in [-0.2, -0.15) is 0 Å². The van der Waals surface area contributed by atoms with Crippen molar-refractivity contribution in [2.24, 2.45) is 0 Å². The predicted octanol–water partition coefficient (Wildman–Crippen LogP) is 10.7. The summed E-state index contributed by atoms with van der Waals surface area (Å²) in [6.45, 7) is 0.162. The van der Waals surface area contributed by atoms with Crippen molar-refractivity contribution < 1.29 is 9.84 Å². The van der Waals surface area contributed by atoms with E-state index in [-0.39, 0.29) is 13.2 Å². The summed E-state index contributed by atoms with van der Waals surface area (Å²) in [5.41, 5.74) is 6.79. The predicted molar refractivity (Wildman–Crippen MR) is 185 cm³/mol. The lowest BCUT2D eigenvalue weighted by Crippen LogP contribution is -2.04. The number of ether oxygens (including phenoxy) is 1. The van der Waals surface area contributed by atoms with Crippen LogP contribution < -0.4 is 4.74 Å². The SMILES string of the molecule is OCCOc1cc(-c2ccc3ccccc3c2)c2ccccc2c1-c1ccc(-c2ccc3ccccc3c2)c2ccccc12. The zero-order valence-electron chi connectivity index (χ0n) is 24.2. The van der Waals surface area contributed by atoms with Crippen LogP contribution in [0, 0.1) is 0 Å². The Balaban J connectivity index is 1.38. The highest BCUT2D eigenvalue weighted by molar-refractivity contribution is 6.14. The Morgan fingerprint density at radius 1 is 0.409 bits per heavy atom. The first-order chi connectivity index (χ1) is 21.8. The number of aliphatic hydroxyl groups is 1. The highest BCUT2D eigenvalue weighted by Crippen LogP contribution is 2.46. The number of fused-ring (bicyclic) bond motifs is 4. The summed E-state index contributed by atoms with van der Waals surface area (Å²) in [5, 5.41) is 19.3. The molecule has 0 radical (unpaired) electrons. The quantitative estimate of drug-likeness (QED) is 0.217. The van der Waals surface area contributed by atoms with Gasteiger partial charge in [-0.05, 0) is 89.1 Å². The third-order valence-corrected chi connectivity index (χ3v) is 8.67. The number of benzene rings is 8. The second-order valence-electron chi connectivity index (χ2n) is 11.2. The van der Waals surface area contributed by atoms with E-state index in [1.54, 1.807) is 0 Å². The first-order valence-corrected chi connectivity index (χ1v) is 15.1. The lowest BCUT2D eigenvalue weighted by molar-refractivity contribution is 0.202. The van der Waals surface area contributed by atoms with Gasteiger partial charge in [0, 0.05) is 5.56 Å². The Bertz CT molecular complexity index is 2330. The van der Waals surface area contributed by atoms with Gasteiger partial charge in [0.05, 0.1) is 6.61 Å². The van der Waals surface area contributed by atoms with Gasteiger partial charge in [-0.25, -0.2) is 0 Å². The van der Waals surface area contributed by atoms with Crippen LogP contribution in [0.15, 0.2) is 152 Å². The van der Waals surface area contributed by atoms with Crippen molar-refractivity contribution in [3.05, 3.63) is 152 Å². The molecule has 0 amide bonds. The molecule has 0 aliphatic heterocycles. The van der Waals surface area contributed by atoms with E-state index in [2.05, 4.69) is 152 Å². The lowest BCUT2D eigenvalue weighted by Gasteiger charge is -2.20. The van der Waals surface area contributed by atoms with Crippen LogP contribution in [-0.2, 0) is 0 Å². The average molecular weight is 567 g/mol. The molecule has 0 aliphatic carbocycles. The van der Waals surface area contributed by atoms with Crippen molar-refractivity contribution in [3.8, 4) is 39.1 Å². The van der Waals surface area contributed by atoms with Gasteiger partial charge in [-0.3, -0.25) is 0 Å². The molecular formula is C42H30O2. The van der Waals surface area contributed by atoms with Crippen LogP contribution in [0.5, 0.6) is 5.75 Å². The fraction of sp³-hybridized carbons (Fsp3) is 0.0476. The highest BCUT2D eigenvalue weighted by atomic mass is 16.5. The third kappa shape index (κ3) is 4.48. The fourth-order valence-corrected chi connectivity index (χ4v) is 6.62. The van der Waals surface area contributed by atoms with E-state index in [4.69, 9.17) is 4.74 Å². The summed E-state index contributed by atoms with van der Waals surface area (Å²) in [4.78, 5) is 0. The van der Waals surface area contributed by atoms with Crippen LogP contribution in [0.25, 0.3) is 76.5 Å². The second-order valence-corrected chi connectivity index (χ2v) is 11.2. The third-order valence-electron chi connectivity index (χ3n) is 8.67. The maximum atomic E-state index is 9.79. The molecule has 8 aromatic carbocycles. The Kier molecular flexibility index (Phi) is 6.55. The largest absolute Gasteiger partial charge is 0.491 e. The molecule has 0 spiro atoms. The van der Waals surface area contributed by atoms with Crippen molar-refractivity contribution in [1.82, 2.24) is 0 Å². The van der Waals surface area contributed by atoms with Gasteiger partial charge in [0.25, 0.3) is 0 Å². The van der Waals surface area contributed by atoms with Crippen LogP contribution >= 0.6 is 0 Å². The number of hydrogen-bond donors (Lipinski definition) is 1. The van der Waals surface area contributed by atoms with E-state index in [0.29, 0.717) is 0 Å². The Labute approximate surface area is 256 Å². The zero-order valence-corrected chi connectivity index (χ0v) is 24.2. The zero-order chi connectivity index (χ0) is 29.5. The van der Waals surface area contributed by atoms with Gasteiger partial charge >= 0.3 is 0 Å². The van der Waals surface area contributed by atoms with Crippen molar-refractivity contribution in [2.45, 2.75) is 0 Å². The van der Waals surface area contributed by atoms with Crippen LogP contribution in [-0.4, -0.2) is 18.3 Å². The monoisotopic (exact) mass is 566 g/mol. The molecule has 0 heterocycles. The van der Waals surface area contributed by atoms with Gasteiger partial charge < -0.3 is 9.84 Å². The molecule has 0 aliphatic rings. The molecule has 0 fully saturated rings. The topological polar surface area (TPSA) is 29.5 Å². The summed E-state index contributed by atoms with van der Waals surface area (Å²) >= 11 is 0. The van der Waals surface area contributed by atoms with E-state index in [1.165, 1.54) is 38.1 Å². The molecule has 0 unspecified atom stereocenters. The van der Waals surface area contributed by atoms with Crippen molar-refractivity contribution in [1.29, 1.82) is 0 Å². The van der Waals surface area contributed by atoms with Gasteiger partial charge in [0.2, 0.25) is 0 Å². The minimum atomic E-state index is -0.0563. The molecule has 44 heavy (non-hydrogen) atoms. The Morgan fingerprint density at radius 2 is 0.886 bits per heavy atom. The van der Waals surface area contributed by atoms with Crippen LogP contribution in [0.1, 0.15) is 0 Å². The van der Waals surface area contributed by atoms with Crippen molar-refractivity contribution in [2.75, 3.05) is 13.2 Å². The number of hydrogen-bond acceptors (Lipinski definition) is 2. The molecule has 1 N–H and O–H groups in total. The fourth-order valence-electron chi connectivity index (χ4n) is 6.62. The maximum absolute atomic E-state index is 9.79. The number of rotatable bonds is 6. The summed E-state index contributed by atoms with van der Waals surface area (Å²) in [6, 6.07) is 54.1. The van der Waals surface area contributed by atoms with Crippen molar-refractivity contribution >= 4 is 43.1 Å². The van der Waals surface area contributed by atoms with E-state index in [1.807, 2.05) is 0 Å². The smallest absolute Gasteiger partial charge is 0.128 e. The lowest BCUT2D eigenvalue weighted by atomic mass is 9.87. The minimum absolute atomic E-state index is 0.0563. The molecule has 0 saturated heterocycles. The molecule has 2 heteroatoms. The molecule has 2 nitrogen and oxygen atoms in total. The Hall–Kier alpha value is -5.44. The van der Waals surface area contributed by atoms with Gasteiger partial charge in [0.1, 0.15) is 12.4 Å².